The summed E-state index contributed by atoms with van der Waals surface area (Å²) in [7, 11) is 1.32. The van der Waals surface area contributed by atoms with Crippen LogP contribution in [0.25, 0.3) is 0 Å². The molecule has 1 saturated heterocycles. The van der Waals surface area contributed by atoms with E-state index in [-0.39, 0.29) is 10.6 Å². The number of nitrogens with zero attached hydrogens (tertiary/aromatic N) is 1. The zero-order valence-electron chi connectivity index (χ0n) is 12.1. The molecule has 0 aliphatic carbocycles. The van der Waals surface area contributed by atoms with Crippen molar-refractivity contribution in [3.63, 3.8) is 0 Å². The van der Waals surface area contributed by atoms with Crippen LogP contribution in [-0.4, -0.2) is 37.6 Å². The van der Waals surface area contributed by atoms with E-state index in [1.807, 2.05) is 0 Å². The van der Waals surface area contributed by atoms with E-state index in [1.54, 1.807) is 12.1 Å². The summed E-state index contributed by atoms with van der Waals surface area (Å²) in [6.07, 6.45) is 3.77. The first-order valence-electron chi connectivity index (χ1n) is 7.00. The van der Waals surface area contributed by atoms with Crippen LogP contribution in [0.15, 0.2) is 12.1 Å². The predicted molar refractivity (Wildman–Crippen MR) is 84.4 cm³/mol. The minimum Gasteiger partial charge on any atom is -0.465 e. The summed E-state index contributed by atoms with van der Waals surface area (Å²) in [5, 5.41) is 0.279. The van der Waals surface area contributed by atoms with E-state index in [2.05, 4.69) is 16.7 Å². The maximum Gasteiger partial charge on any atom is 0.339 e. The van der Waals surface area contributed by atoms with Crippen molar-refractivity contribution in [3.8, 4) is 11.8 Å². The Kier molecular flexibility index (Phi) is 5.49. The van der Waals surface area contributed by atoms with Crippen molar-refractivity contribution in [2.45, 2.75) is 19.3 Å². The van der Waals surface area contributed by atoms with Gasteiger partial charge in [-0.1, -0.05) is 29.9 Å². The van der Waals surface area contributed by atoms with Gasteiger partial charge in [0, 0.05) is 11.3 Å². The molecule has 0 unspecified atom stereocenters. The fourth-order valence-electron chi connectivity index (χ4n) is 2.33. The lowest BCUT2D eigenvalue weighted by atomic mass is 10.1. The van der Waals surface area contributed by atoms with Crippen LogP contribution >= 0.6 is 11.6 Å². The largest absolute Gasteiger partial charge is 0.465 e. The number of piperidine rings is 1. The highest BCUT2D eigenvalue weighted by atomic mass is 35.5. The molecule has 1 aromatic carbocycles. The number of benzene rings is 1. The molecule has 0 atom stereocenters. The van der Waals surface area contributed by atoms with Gasteiger partial charge in [-0.05, 0) is 38.1 Å². The Morgan fingerprint density at radius 2 is 2.10 bits per heavy atom. The highest BCUT2D eigenvalue weighted by Crippen LogP contribution is 2.23. The third kappa shape index (κ3) is 4.13. The van der Waals surface area contributed by atoms with E-state index in [4.69, 9.17) is 22.1 Å². The molecule has 0 aromatic heterocycles. The maximum absolute atomic E-state index is 11.6. The van der Waals surface area contributed by atoms with Crippen LogP contribution in [-0.2, 0) is 4.74 Å². The van der Waals surface area contributed by atoms with Crippen LogP contribution in [0.3, 0.4) is 0 Å². The number of carbonyl (C=O) groups excluding carboxylic acids is 1. The molecule has 2 rings (SSSR count). The van der Waals surface area contributed by atoms with Gasteiger partial charge in [0.2, 0.25) is 0 Å². The summed E-state index contributed by atoms with van der Waals surface area (Å²) in [5.41, 5.74) is 7.27. The second kappa shape index (κ2) is 7.35. The van der Waals surface area contributed by atoms with Gasteiger partial charge in [0.15, 0.2) is 0 Å². The van der Waals surface area contributed by atoms with Crippen molar-refractivity contribution in [3.05, 3.63) is 28.3 Å². The number of hydrogen-bond acceptors (Lipinski definition) is 4. The van der Waals surface area contributed by atoms with Gasteiger partial charge in [-0.3, -0.25) is 4.90 Å². The Bertz CT molecular complexity index is 584. The number of nitrogen functional groups attached to an aromatic ring is 1. The minimum atomic E-state index is -0.487. The highest BCUT2D eigenvalue weighted by Gasteiger charge is 2.13. The molecule has 1 fully saturated rings. The van der Waals surface area contributed by atoms with E-state index >= 15 is 0 Å². The molecule has 1 aliphatic rings. The molecular formula is C16H19ClN2O2. The standard InChI is InChI=1S/C16H19ClN2O2/c1-21-16(20)13-10-12(15(18)11-14(13)17)6-5-9-19-7-3-2-4-8-19/h10-11H,2-4,7-9,18H2,1H3. The molecule has 0 spiro atoms. The zero-order chi connectivity index (χ0) is 15.2. The molecule has 2 N–H and O–H groups in total. The average Bonchev–Trinajstić information content (AvgIpc) is 2.49. The average molecular weight is 307 g/mol. The Morgan fingerprint density at radius 1 is 1.38 bits per heavy atom. The summed E-state index contributed by atoms with van der Waals surface area (Å²) in [4.78, 5) is 13.9. The van der Waals surface area contributed by atoms with Gasteiger partial charge in [-0.25, -0.2) is 4.79 Å². The molecule has 0 saturated carbocycles. The van der Waals surface area contributed by atoms with E-state index < -0.39 is 5.97 Å². The zero-order valence-corrected chi connectivity index (χ0v) is 12.9. The summed E-state index contributed by atoms with van der Waals surface area (Å²) in [5.74, 6) is 5.65. The number of carbonyl (C=O) groups is 1. The summed E-state index contributed by atoms with van der Waals surface area (Å²) < 4.78 is 4.69. The summed E-state index contributed by atoms with van der Waals surface area (Å²) in [6.45, 7) is 2.91. The molecule has 1 aliphatic heterocycles. The van der Waals surface area contributed by atoms with Crippen LogP contribution in [0.4, 0.5) is 5.69 Å². The first kappa shape index (κ1) is 15.7. The Hall–Kier alpha value is -1.70. The first-order valence-corrected chi connectivity index (χ1v) is 7.38. The number of hydrogen-bond donors (Lipinski definition) is 1. The smallest absolute Gasteiger partial charge is 0.339 e. The predicted octanol–water partition coefficient (Wildman–Crippen LogP) is 2.55. The SMILES string of the molecule is COC(=O)c1cc(C#CCN2CCCCC2)c(N)cc1Cl. The van der Waals surface area contributed by atoms with Crippen LogP contribution in [0.1, 0.15) is 35.2 Å². The summed E-state index contributed by atoms with van der Waals surface area (Å²) >= 11 is 5.99. The Labute approximate surface area is 130 Å². The van der Waals surface area contributed by atoms with Gasteiger partial charge >= 0.3 is 5.97 Å². The number of ether oxygens (including phenoxy) is 1. The molecule has 0 bridgehead atoms. The molecule has 4 nitrogen and oxygen atoms in total. The van der Waals surface area contributed by atoms with Crippen LogP contribution in [0, 0.1) is 11.8 Å². The van der Waals surface area contributed by atoms with Gasteiger partial charge in [0.25, 0.3) is 0 Å². The summed E-state index contributed by atoms with van der Waals surface area (Å²) in [6, 6.07) is 3.13. The highest BCUT2D eigenvalue weighted by molar-refractivity contribution is 6.34. The monoisotopic (exact) mass is 306 g/mol. The number of halogens is 1. The molecule has 1 aromatic rings. The van der Waals surface area contributed by atoms with Gasteiger partial charge in [-0.2, -0.15) is 0 Å². The van der Waals surface area contributed by atoms with Crippen LogP contribution in [0.2, 0.25) is 5.02 Å². The topological polar surface area (TPSA) is 55.6 Å². The van der Waals surface area contributed by atoms with Crippen molar-refractivity contribution in [2.24, 2.45) is 0 Å². The van der Waals surface area contributed by atoms with Crippen molar-refractivity contribution < 1.29 is 9.53 Å². The number of methoxy groups -OCH3 is 1. The van der Waals surface area contributed by atoms with Crippen molar-refractivity contribution in [1.82, 2.24) is 4.90 Å². The van der Waals surface area contributed by atoms with Gasteiger partial charge in [0.1, 0.15) is 0 Å². The van der Waals surface area contributed by atoms with Crippen molar-refractivity contribution >= 4 is 23.3 Å². The lowest BCUT2D eigenvalue weighted by Gasteiger charge is -2.23. The van der Waals surface area contributed by atoms with Gasteiger partial charge < -0.3 is 10.5 Å². The molecule has 5 heteroatoms. The maximum atomic E-state index is 11.6. The molecule has 1 heterocycles. The lowest BCUT2D eigenvalue weighted by Crippen LogP contribution is -2.29. The first-order chi connectivity index (χ1) is 10.1. The van der Waals surface area contributed by atoms with E-state index in [0.29, 0.717) is 11.3 Å². The van der Waals surface area contributed by atoms with Crippen LogP contribution < -0.4 is 5.73 Å². The van der Waals surface area contributed by atoms with Crippen LogP contribution in [0.5, 0.6) is 0 Å². The molecule has 0 radical (unpaired) electrons. The number of esters is 1. The number of likely N-dealkylation sites (tertiary alicyclic amines) is 1. The Morgan fingerprint density at radius 3 is 2.76 bits per heavy atom. The quantitative estimate of drug-likeness (QED) is 0.518. The third-order valence-electron chi connectivity index (χ3n) is 3.52. The fraction of sp³-hybridized carbons (Fsp3) is 0.438. The van der Waals surface area contributed by atoms with Gasteiger partial charge in [-0.15, -0.1) is 0 Å². The third-order valence-corrected chi connectivity index (χ3v) is 3.83. The molecule has 112 valence electrons. The molecular weight excluding hydrogens is 288 g/mol. The molecule has 21 heavy (non-hydrogen) atoms. The van der Waals surface area contributed by atoms with E-state index in [9.17, 15) is 4.79 Å². The van der Waals surface area contributed by atoms with E-state index in [1.165, 1.54) is 26.4 Å². The second-order valence-corrected chi connectivity index (χ2v) is 5.46. The van der Waals surface area contributed by atoms with Crippen molar-refractivity contribution in [2.75, 3.05) is 32.5 Å². The number of rotatable bonds is 2. The number of nitrogens with two attached hydrogens (primary N) is 1. The Balaban J connectivity index is 2.14. The normalized spacial score (nSPS) is 15.1. The van der Waals surface area contributed by atoms with Gasteiger partial charge in [0.05, 0.1) is 24.2 Å². The molecule has 0 amide bonds. The second-order valence-electron chi connectivity index (χ2n) is 5.05. The minimum absolute atomic E-state index is 0.279. The van der Waals surface area contributed by atoms with Crippen molar-refractivity contribution in [1.29, 1.82) is 0 Å². The number of anilines is 1. The fourth-order valence-corrected chi connectivity index (χ4v) is 2.58. The lowest BCUT2D eigenvalue weighted by molar-refractivity contribution is 0.0601. The van der Waals surface area contributed by atoms with E-state index in [0.717, 1.165) is 19.6 Å².